The third kappa shape index (κ3) is 3.07. The number of hydrogen-bond donors (Lipinski definition) is 1. The van der Waals surface area contributed by atoms with Crippen molar-refractivity contribution in [2.45, 2.75) is 31.7 Å². The number of nitrogens with zero attached hydrogens (tertiary/aromatic N) is 1. The van der Waals surface area contributed by atoms with Crippen LogP contribution >= 0.6 is 0 Å². The fourth-order valence-corrected chi connectivity index (χ4v) is 2.37. The minimum Gasteiger partial charge on any atom is -0.394 e. The molecule has 1 aromatic carbocycles. The average molecular weight is 233 g/mol. The molecule has 1 atom stereocenters. The van der Waals surface area contributed by atoms with E-state index in [1.165, 1.54) is 5.56 Å². The Morgan fingerprint density at radius 1 is 1.24 bits per heavy atom. The van der Waals surface area contributed by atoms with Gasteiger partial charge >= 0.3 is 0 Å². The lowest BCUT2D eigenvalue weighted by molar-refractivity contribution is -0.136. The van der Waals surface area contributed by atoms with Gasteiger partial charge in [-0.1, -0.05) is 30.3 Å². The van der Waals surface area contributed by atoms with Crippen LogP contribution in [0.4, 0.5) is 0 Å². The Hall–Kier alpha value is -1.35. The van der Waals surface area contributed by atoms with Crippen LogP contribution in [0.2, 0.25) is 0 Å². The molecule has 0 bridgehead atoms. The van der Waals surface area contributed by atoms with Crippen LogP contribution in [0.15, 0.2) is 30.3 Å². The van der Waals surface area contributed by atoms with Gasteiger partial charge in [-0.15, -0.1) is 0 Å². The van der Waals surface area contributed by atoms with Crippen LogP contribution in [0.3, 0.4) is 0 Å². The lowest BCUT2D eigenvalue weighted by atomic mass is 10.0. The maximum Gasteiger partial charge on any atom is 0.222 e. The van der Waals surface area contributed by atoms with E-state index < -0.39 is 0 Å². The van der Waals surface area contributed by atoms with Gasteiger partial charge in [-0.3, -0.25) is 4.79 Å². The second-order valence-electron chi connectivity index (χ2n) is 4.57. The molecule has 1 aliphatic rings. The zero-order valence-electron chi connectivity index (χ0n) is 10.0. The van der Waals surface area contributed by atoms with Crippen LogP contribution in [0.5, 0.6) is 0 Å². The Morgan fingerprint density at radius 2 is 2.00 bits per heavy atom. The van der Waals surface area contributed by atoms with Crippen molar-refractivity contribution in [2.75, 3.05) is 13.2 Å². The summed E-state index contributed by atoms with van der Waals surface area (Å²) < 4.78 is 0. The summed E-state index contributed by atoms with van der Waals surface area (Å²) in [5.74, 6) is 0.186. The number of aliphatic hydroxyl groups is 1. The maximum atomic E-state index is 11.8. The summed E-state index contributed by atoms with van der Waals surface area (Å²) in [6.45, 7) is 0.831. The van der Waals surface area contributed by atoms with Gasteiger partial charge in [0.15, 0.2) is 0 Å². The van der Waals surface area contributed by atoms with Gasteiger partial charge in [-0.05, 0) is 24.8 Å². The van der Waals surface area contributed by atoms with Crippen molar-refractivity contribution in [3.05, 3.63) is 35.9 Å². The monoisotopic (exact) mass is 233 g/mol. The van der Waals surface area contributed by atoms with Crippen LogP contribution in [-0.4, -0.2) is 35.1 Å². The van der Waals surface area contributed by atoms with Crippen LogP contribution in [0, 0.1) is 0 Å². The standard InChI is InChI=1S/C14H19NO2/c16-11-13(10-12-6-2-1-3-7-12)15-9-5-4-8-14(15)17/h1-3,6-7,13,16H,4-5,8-11H2. The molecular weight excluding hydrogens is 214 g/mol. The second-order valence-corrected chi connectivity index (χ2v) is 4.57. The van der Waals surface area contributed by atoms with E-state index in [4.69, 9.17) is 0 Å². The van der Waals surface area contributed by atoms with Crippen molar-refractivity contribution in [3.63, 3.8) is 0 Å². The number of rotatable bonds is 4. The van der Waals surface area contributed by atoms with Crippen LogP contribution in [-0.2, 0) is 11.2 Å². The number of hydrogen-bond acceptors (Lipinski definition) is 2. The van der Waals surface area contributed by atoms with Crippen LogP contribution < -0.4 is 0 Å². The summed E-state index contributed by atoms with van der Waals surface area (Å²) in [5, 5.41) is 9.46. The van der Waals surface area contributed by atoms with Gasteiger partial charge in [0.25, 0.3) is 0 Å². The van der Waals surface area contributed by atoms with Crippen molar-refractivity contribution in [1.82, 2.24) is 4.90 Å². The van der Waals surface area contributed by atoms with E-state index in [0.717, 1.165) is 25.8 Å². The first kappa shape index (κ1) is 12.1. The molecule has 0 spiro atoms. The first-order valence-electron chi connectivity index (χ1n) is 6.25. The third-order valence-corrected chi connectivity index (χ3v) is 3.33. The smallest absolute Gasteiger partial charge is 0.222 e. The van der Waals surface area contributed by atoms with Gasteiger partial charge in [-0.2, -0.15) is 0 Å². The Kier molecular flexibility index (Phi) is 4.15. The average Bonchev–Trinajstić information content (AvgIpc) is 2.38. The molecule has 0 aromatic heterocycles. The van der Waals surface area contributed by atoms with E-state index in [9.17, 15) is 9.90 Å². The highest BCUT2D eigenvalue weighted by molar-refractivity contribution is 5.77. The highest BCUT2D eigenvalue weighted by Crippen LogP contribution is 2.16. The Morgan fingerprint density at radius 3 is 2.65 bits per heavy atom. The largest absolute Gasteiger partial charge is 0.394 e. The van der Waals surface area contributed by atoms with E-state index in [-0.39, 0.29) is 18.6 Å². The topological polar surface area (TPSA) is 40.5 Å². The molecule has 1 aliphatic heterocycles. The van der Waals surface area contributed by atoms with Crippen molar-refractivity contribution in [1.29, 1.82) is 0 Å². The van der Waals surface area contributed by atoms with Crippen molar-refractivity contribution < 1.29 is 9.90 Å². The number of piperidine rings is 1. The normalized spacial score (nSPS) is 18.2. The minimum atomic E-state index is -0.0646. The van der Waals surface area contributed by atoms with Gasteiger partial charge in [0.2, 0.25) is 5.91 Å². The molecule has 3 heteroatoms. The summed E-state index contributed by atoms with van der Waals surface area (Å²) in [6, 6.07) is 9.96. The van der Waals surface area contributed by atoms with E-state index >= 15 is 0 Å². The first-order chi connectivity index (χ1) is 8.31. The quantitative estimate of drug-likeness (QED) is 0.858. The summed E-state index contributed by atoms with van der Waals surface area (Å²) in [4.78, 5) is 13.6. The van der Waals surface area contributed by atoms with Crippen molar-refractivity contribution >= 4 is 5.91 Å². The van der Waals surface area contributed by atoms with Crippen molar-refractivity contribution in [2.24, 2.45) is 0 Å². The molecule has 0 aliphatic carbocycles. The molecule has 1 aromatic rings. The maximum absolute atomic E-state index is 11.8. The third-order valence-electron chi connectivity index (χ3n) is 3.33. The number of amides is 1. The molecule has 1 unspecified atom stereocenters. The zero-order valence-corrected chi connectivity index (χ0v) is 10.0. The van der Waals surface area contributed by atoms with Gasteiger partial charge in [0.1, 0.15) is 0 Å². The summed E-state index contributed by atoms with van der Waals surface area (Å²) in [7, 11) is 0. The summed E-state index contributed by atoms with van der Waals surface area (Å²) in [5.41, 5.74) is 1.17. The van der Waals surface area contributed by atoms with Gasteiger partial charge in [0, 0.05) is 13.0 Å². The number of carbonyl (C=O) groups excluding carboxylic acids is 1. The van der Waals surface area contributed by atoms with Crippen molar-refractivity contribution in [3.8, 4) is 0 Å². The van der Waals surface area contributed by atoms with Crippen LogP contribution in [0.25, 0.3) is 0 Å². The Balaban J connectivity index is 2.03. The molecule has 1 saturated heterocycles. The number of carbonyl (C=O) groups is 1. The van der Waals surface area contributed by atoms with E-state index in [0.29, 0.717) is 6.42 Å². The highest BCUT2D eigenvalue weighted by atomic mass is 16.3. The van der Waals surface area contributed by atoms with E-state index in [1.54, 1.807) is 0 Å². The minimum absolute atomic E-state index is 0.0423. The molecule has 0 radical (unpaired) electrons. The number of likely N-dealkylation sites (tertiary alicyclic amines) is 1. The molecule has 1 N–H and O–H groups in total. The Labute approximate surface area is 102 Å². The van der Waals surface area contributed by atoms with Gasteiger partial charge in [-0.25, -0.2) is 0 Å². The van der Waals surface area contributed by atoms with E-state index in [1.807, 2.05) is 35.2 Å². The number of benzene rings is 1. The summed E-state index contributed by atoms with van der Waals surface area (Å²) >= 11 is 0. The lowest BCUT2D eigenvalue weighted by Crippen LogP contribution is -2.46. The predicted octanol–water partition coefficient (Wildman–Crippen LogP) is 1.60. The molecular formula is C14H19NO2. The van der Waals surface area contributed by atoms with E-state index in [2.05, 4.69) is 0 Å². The first-order valence-corrected chi connectivity index (χ1v) is 6.25. The fraction of sp³-hybridized carbons (Fsp3) is 0.500. The van der Waals surface area contributed by atoms with Gasteiger partial charge in [0.05, 0.1) is 12.6 Å². The molecule has 1 amide bonds. The second kappa shape index (κ2) is 5.82. The highest BCUT2D eigenvalue weighted by Gasteiger charge is 2.25. The molecule has 1 heterocycles. The predicted molar refractivity (Wildman–Crippen MR) is 66.6 cm³/mol. The molecule has 1 fully saturated rings. The summed E-state index contributed by atoms with van der Waals surface area (Å²) in [6.07, 6.45) is 3.41. The molecule has 2 rings (SSSR count). The lowest BCUT2D eigenvalue weighted by Gasteiger charge is -2.33. The molecule has 3 nitrogen and oxygen atoms in total. The number of aliphatic hydroxyl groups excluding tert-OH is 1. The fourth-order valence-electron chi connectivity index (χ4n) is 2.37. The van der Waals surface area contributed by atoms with Gasteiger partial charge < -0.3 is 10.0 Å². The SMILES string of the molecule is O=C1CCCCN1C(CO)Cc1ccccc1. The molecule has 92 valence electrons. The molecule has 17 heavy (non-hydrogen) atoms. The zero-order chi connectivity index (χ0) is 12.1. The molecule has 0 saturated carbocycles. The Bertz CT molecular complexity index is 364. The van der Waals surface area contributed by atoms with Crippen LogP contribution in [0.1, 0.15) is 24.8 Å².